The van der Waals surface area contributed by atoms with E-state index in [1.54, 1.807) is 6.08 Å². The van der Waals surface area contributed by atoms with Gasteiger partial charge in [-0.25, -0.2) is 0 Å². The highest BCUT2D eigenvalue weighted by atomic mass is 16.7. The zero-order chi connectivity index (χ0) is 19.8. The van der Waals surface area contributed by atoms with Gasteiger partial charge in [-0.15, -0.1) is 0 Å². The van der Waals surface area contributed by atoms with Crippen molar-refractivity contribution >= 4 is 5.78 Å². The molecular formula is C23H44O3. The van der Waals surface area contributed by atoms with Gasteiger partial charge in [0.1, 0.15) is 0 Å². The second-order valence-electron chi connectivity index (χ2n) is 7.84. The lowest BCUT2D eigenvalue weighted by Gasteiger charge is -2.23. The standard InChI is InChI=1S/C23H44O3/c1-7-11-13-20(9-3)17-25-23(22(24)16-15-19(5)6)26-18-21(10-4)14-12-8-2/h15-16,19-21,23H,7-14,17-18H2,1-6H3. The first-order valence-corrected chi connectivity index (χ1v) is 10.9. The number of hydrogen-bond donors (Lipinski definition) is 0. The molecule has 0 radical (unpaired) electrons. The van der Waals surface area contributed by atoms with E-state index in [-0.39, 0.29) is 5.78 Å². The van der Waals surface area contributed by atoms with Crippen LogP contribution in [0.15, 0.2) is 12.2 Å². The Bertz CT molecular complexity index is 342. The molecule has 154 valence electrons. The molecule has 0 saturated carbocycles. The maximum Gasteiger partial charge on any atom is 0.221 e. The monoisotopic (exact) mass is 368 g/mol. The third-order valence-corrected chi connectivity index (χ3v) is 4.93. The minimum absolute atomic E-state index is 0.0608. The van der Waals surface area contributed by atoms with E-state index >= 15 is 0 Å². The number of allylic oxidation sites excluding steroid dienone is 1. The van der Waals surface area contributed by atoms with Gasteiger partial charge in [-0.2, -0.15) is 0 Å². The summed E-state index contributed by atoms with van der Waals surface area (Å²) in [6.07, 6.45) is 12.1. The van der Waals surface area contributed by atoms with Crippen LogP contribution in [-0.4, -0.2) is 25.3 Å². The van der Waals surface area contributed by atoms with Crippen molar-refractivity contribution in [3.63, 3.8) is 0 Å². The minimum Gasteiger partial charge on any atom is -0.345 e. The average Bonchev–Trinajstić information content (AvgIpc) is 2.64. The minimum atomic E-state index is -0.753. The van der Waals surface area contributed by atoms with Gasteiger partial charge in [-0.1, -0.05) is 86.1 Å². The van der Waals surface area contributed by atoms with Crippen LogP contribution in [0.3, 0.4) is 0 Å². The highest BCUT2D eigenvalue weighted by molar-refractivity contribution is 5.92. The summed E-state index contributed by atoms with van der Waals surface area (Å²) >= 11 is 0. The fourth-order valence-electron chi connectivity index (χ4n) is 2.82. The summed E-state index contributed by atoms with van der Waals surface area (Å²) in [6, 6.07) is 0. The largest absolute Gasteiger partial charge is 0.345 e. The maximum atomic E-state index is 12.5. The van der Waals surface area contributed by atoms with Gasteiger partial charge in [0.05, 0.1) is 13.2 Å². The second kappa shape index (κ2) is 16.5. The third-order valence-electron chi connectivity index (χ3n) is 4.93. The first-order chi connectivity index (χ1) is 12.5. The van der Waals surface area contributed by atoms with Crippen molar-refractivity contribution < 1.29 is 14.3 Å². The summed E-state index contributed by atoms with van der Waals surface area (Å²) in [5.41, 5.74) is 0. The Morgan fingerprint density at radius 2 is 1.31 bits per heavy atom. The number of ether oxygens (including phenoxy) is 2. The van der Waals surface area contributed by atoms with Crippen LogP contribution in [-0.2, 0) is 14.3 Å². The quantitative estimate of drug-likeness (QED) is 0.215. The molecule has 0 aliphatic rings. The summed E-state index contributed by atoms with van der Waals surface area (Å²) in [7, 11) is 0. The van der Waals surface area contributed by atoms with Gasteiger partial charge in [-0.05, 0) is 36.7 Å². The lowest BCUT2D eigenvalue weighted by atomic mass is 10.0. The van der Waals surface area contributed by atoms with Crippen LogP contribution in [0.5, 0.6) is 0 Å². The Morgan fingerprint density at radius 1 is 0.846 bits per heavy atom. The highest BCUT2D eigenvalue weighted by Crippen LogP contribution is 2.17. The van der Waals surface area contributed by atoms with Crippen LogP contribution < -0.4 is 0 Å². The molecule has 0 rings (SSSR count). The summed E-state index contributed by atoms with van der Waals surface area (Å²) in [5.74, 6) is 1.30. The number of carbonyl (C=O) groups excluding carboxylic acids is 1. The van der Waals surface area contributed by atoms with Crippen molar-refractivity contribution in [2.45, 2.75) is 99.2 Å². The van der Waals surface area contributed by atoms with E-state index in [1.807, 2.05) is 6.08 Å². The van der Waals surface area contributed by atoms with Crippen molar-refractivity contribution in [1.29, 1.82) is 0 Å². The van der Waals surface area contributed by atoms with E-state index in [0.717, 1.165) is 25.7 Å². The molecule has 26 heavy (non-hydrogen) atoms. The van der Waals surface area contributed by atoms with E-state index in [4.69, 9.17) is 9.47 Å². The Kier molecular flexibility index (Phi) is 16.1. The van der Waals surface area contributed by atoms with E-state index in [0.29, 0.717) is 31.0 Å². The maximum absolute atomic E-state index is 12.5. The van der Waals surface area contributed by atoms with Crippen molar-refractivity contribution in [2.75, 3.05) is 13.2 Å². The Hall–Kier alpha value is -0.670. The molecule has 0 bridgehead atoms. The van der Waals surface area contributed by atoms with Crippen molar-refractivity contribution in [3.8, 4) is 0 Å². The van der Waals surface area contributed by atoms with Gasteiger partial charge in [-0.3, -0.25) is 4.79 Å². The predicted molar refractivity (Wildman–Crippen MR) is 111 cm³/mol. The SMILES string of the molecule is CCCCC(CC)COC(OCC(CC)CCCC)C(=O)C=CC(C)C. The zero-order valence-corrected chi connectivity index (χ0v) is 18.3. The van der Waals surface area contributed by atoms with E-state index in [9.17, 15) is 4.79 Å². The van der Waals surface area contributed by atoms with Gasteiger partial charge in [0.2, 0.25) is 12.1 Å². The average molecular weight is 369 g/mol. The van der Waals surface area contributed by atoms with Crippen LogP contribution in [0.25, 0.3) is 0 Å². The molecule has 2 atom stereocenters. The topological polar surface area (TPSA) is 35.5 Å². The molecule has 0 aliphatic carbocycles. The molecule has 0 spiro atoms. The van der Waals surface area contributed by atoms with Crippen LogP contribution in [0, 0.1) is 17.8 Å². The fraction of sp³-hybridized carbons (Fsp3) is 0.870. The third kappa shape index (κ3) is 12.6. The first-order valence-electron chi connectivity index (χ1n) is 10.9. The number of unbranched alkanes of at least 4 members (excludes halogenated alkanes) is 2. The molecular weight excluding hydrogens is 324 g/mol. The van der Waals surface area contributed by atoms with Crippen LogP contribution in [0.4, 0.5) is 0 Å². The number of hydrogen-bond acceptors (Lipinski definition) is 3. The second-order valence-corrected chi connectivity index (χ2v) is 7.84. The summed E-state index contributed by atoms with van der Waals surface area (Å²) in [6.45, 7) is 14.1. The van der Waals surface area contributed by atoms with Crippen molar-refractivity contribution in [1.82, 2.24) is 0 Å². The van der Waals surface area contributed by atoms with Crippen LogP contribution >= 0.6 is 0 Å². The number of ketones is 1. The first kappa shape index (κ1) is 25.3. The lowest BCUT2D eigenvalue weighted by molar-refractivity contribution is -0.173. The normalized spacial score (nSPS) is 15.5. The molecule has 3 heteroatoms. The molecule has 3 nitrogen and oxygen atoms in total. The molecule has 0 aliphatic heterocycles. The summed E-state index contributed by atoms with van der Waals surface area (Å²) < 4.78 is 11.9. The Morgan fingerprint density at radius 3 is 1.65 bits per heavy atom. The van der Waals surface area contributed by atoms with Crippen LogP contribution in [0.1, 0.15) is 92.9 Å². The zero-order valence-electron chi connectivity index (χ0n) is 18.3. The van der Waals surface area contributed by atoms with E-state index < -0.39 is 6.29 Å². The molecule has 0 amide bonds. The smallest absolute Gasteiger partial charge is 0.221 e. The Labute approximate surface area is 162 Å². The molecule has 0 fully saturated rings. The lowest BCUT2D eigenvalue weighted by Crippen LogP contribution is -2.30. The molecule has 0 heterocycles. The van der Waals surface area contributed by atoms with Gasteiger partial charge in [0.25, 0.3) is 0 Å². The Balaban J connectivity index is 4.74. The predicted octanol–water partition coefficient (Wildman–Crippen LogP) is 6.56. The van der Waals surface area contributed by atoms with Gasteiger partial charge in [0.15, 0.2) is 0 Å². The van der Waals surface area contributed by atoms with Crippen molar-refractivity contribution in [2.24, 2.45) is 17.8 Å². The fourth-order valence-corrected chi connectivity index (χ4v) is 2.82. The number of carbonyl (C=O) groups is 1. The molecule has 2 unspecified atom stereocenters. The van der Waals surface area contributed by atoms with E-state index in [1.165, 1.54) is 25.7 Å². The summed E-state index contributed by atoms with van der Waals surface area (Å²) in [5, 5.41) is 0. The van der Waals surface area contributed by atoms with Gasteiger partial charge >= 0.3 is 0 Å². The molecule has 0 N–H and O–H groups in total. The van der Waals surface area contributed by atoms with Crippen molar-refractivity contribution in [3.05, 3.63) is 12.2 Å². The molecule has 0 aromatic carbocycles. The van der Waals surface area contributed by atoms with Gasteiger partial charge < -0.3 is 9.47 Å². The molecule has 0 aromatic heterocycles. The summed E-state index contributed by atoms with van der Waals surface area (Å²) in [4.78, 5) is 12.5. The van der Waals surface area contributed by atoms with Gasteiger partial charge in [0, 0.05) is 0 Å². The molecule has 0 saturated heterocycles. The highest BCUT2D eigenvalue weighted by Gasteiger charge is 2.21. The molecule has 0 aromatic rings. The number of rotatable bonds is 17. The van der Waals surface area contributed by atoms with Crippen LogP contribution in [0.2, 0.25) is 0 Å². The van der Waals surface area contributed by atoms with E-state index in [2.05, 4.69) is 41.5 Å².